The largest absolute Gasteiger partial charge is 0.352 e. The number of para-hydroxylation sites is 1. The zero-order valence-electron chi connectivity index (χ0n) is 13.9. The van der Waals surface area contributed by atoms with Crippen LogP contribution in [0.1, 0.15) is 25.7 Å². The summed E-state index contributed by atoms with van der Waals surface area (Å²) in [6.45, 7) is 2.48. The van der Waals surface area contributed by atoms with Crippen LogP contribution in [0.2, 0.25) is 0 Å². The highest BCUT2D eigenvalue weighted by atomic mass is 19.1. The summed E-state index contributed by atoms with van der Waals surface area (Å²) in [6.07, 6.45) is 0. The number of benzene rings is 1. The number of aromatic nitrogens is 4. The van der Waals surface area contributed by atoms with Crippen molar-refractivity contribution in [3.05, 3.63) is 36.2 Å². The van der Waals surface area contributed by atoms with Gasteiger partial charge >= 0.3 is 6.03 Å². The molecule has 2 aromatic rings. The van der Waals surface area contributed by atoms with E-state index in [0.29, 0.717) is 5.82 Å². The van der Waals surface area contributed by atoms with Gasteiger partial charge in [-0.2, -0.15) is 4.68 Å². The summed E-state index contributed by atoms with van der Waals surface area (Å²) in [7, 11) is 0. The number of hydrogen-bond donors (Lipinski definition) is 3. The Kier molecular flexibility index (Phi) is 6.38. The second-order valence-electron chi connectivity index (χ2n) is 5.33. The van der Waals surface area contributed by atoms with Gasteiger partial charge in [-0.15, -0.1) is 5.10 Å². The third kappa shape index (κ3) is 4.96. The number of urea groups is 1. The van der Waals surface area contributed by atoms with E-state index in [1.54, 1.807) is 6.92 Å². The van der Waals surface area contributed by atoms with Crippen molar-refractivity contribution in [2.45, 2.75) is 25.9 Å². The van der Waals surface area contributed by atoms with E-state index in [4.69, 9.17) is 0 Å². The molecular weight excluding hydrogens is 329 g/mol. The Balaban J connectivity index is 1.96. The number of carbonyl (C=O) groups excluding carboxylic acids is 2. The Hall–Kier alpha value is -3.04. The van der Waals surface area contributed by atoms with Gasteiger partial charge in [0.1, 0.15) is 12.7 Å². The van der Waals surface area contributed by atoms with Crippen molar-refractivity contribution in [2.75, 3.05) is 13.2 Å². The van der Waals surface area contributed by atoms with Crippen LogP contribution in [0.4, 0.5) is 9.18 Å². The Morgan fingerprint density at radius 1 is 1.20 bits per heavy atom. The number of rotatable bonds is 7. The molecule has 134 valence electrons. The first-order valence-electron chi connectivity index (χ1n) is 7.77. The van der Waals surface area contributed by atoms with Gasteiger partial charge in [-0.3, -0.25) is 4.79 Å². The fourth-order valence-electron chi connectivity index (χ4n) is 2.11. The number of halogens is 1. The van der Waals surface area contributed by atoms with Gasteiger partial charge in [0.2, 0.25) is 5.91 Å². The van der Waals surface area contributed by atoms with Crippen LogP contribution >= 0.6 is 0 Å². The van der Waals surface area contributed by atoms with E-state index in [0.717, 1.165) is 5.69 Å². The molecule has 9 nitrogen and oxygen atoms in total. The van der Waals surface area contributed by atoms with E-state index in [1.807, 2.05) is 30.3 Å². The van der Waals surface area contributed by atoms with Crippen LogP contribution in [0.15, 0.2) is 30.3 Å². The van der Waals surface area contributed by atoms with Crippen molar-refractivity contribution in [1.29, 1.82) is 0 Å². The van der Waals surface area contributed by atoms with Crippen LogP contribution in [0.25, 0.3) is 5.69 Å². The van der Waals surface area contributed by atoms with Crippen LogP contribution in [0.3, 0.4) is 0 Å². The molecule has 0 fully saturated rings. The number of hydrogen-bond acceptors (Lipinski definition) is 5. The first-order valence-corrected chi connectivity index (χ1v) is 7.77. The van der Waals surface area contributed by atoms with Gasteiger partial charge in [-0.05, 0) is 36.4 Å². The number of alkyl halides is 1. The first kappa shape index (κ1) is 18.3. The molecule has 0 aliphatic heterocycles. The SMILES string of the molecule is C[C@H](NC(=O)N[C@H](C)C(=O)NCCF)c1nnnn1-c1ccccc1. The summed E-state index contributed by atoms with van der Waals surface area (Å²) >= 11 is 0. The van der Waals surface area contributed by atoms with E-state index >= 15 is 0 Å². The maximum Gasteiger partial charge on any atom is 0.316 e. The van der Waals surface area contributed by atoms with Crippen LogP contribution in [-0.4, -0.2) is 51.4 Å². The maximum absolute atomic E-state index is 12.1. The Bertz CT molecular complexity index is 707. The van der Waals surface area contributed by atoms with Crippen molar-refractivity contribution in [2.24, 2.45) is 0 Å². The number of carbonyl (C=O) groups is 2. The molecule has 0 spiro atoms. The first-order chi connectivity index (χ1) is 12.0. The highest BCUT2D eigenvalue weighted by Gasteiger charge is 2.20. The molecule has 0 radical (unpaired) electrons. The maximum atomic E-state index is 12.1. The summed E-state index contributed by atoms with van der Waals surface area (Å²) in [6, 6.07) is 7.39. The highest BCUT2D eigenvalue weighted by molar-refractivity contribution is 5.86. The second kappa shape index (κ2) is 8.71. The number of nitrogens with one attached hydrogen (secondary N) is 3. The predicted molar refractivity (Wildman–Crippen MR) is 87.7 cm³/mol. The van der Waals surface area contributed by atoms with Gasteiger partial charge in [0, 0.05) is 6.54 Å². The van der Waals surface area contributed by atoms with Crippen molar-refractivity contribution in [3.8, 4) is 5.69 Å². The molecule has 1 aromatic carbocycles. The molecule has 2 rings (SSSR count). The molecule has 0 saturated heterocycles. The Labute approximate surface area is 144 Å². The summed E-state index contributed by atoms with van der Waals surface area (Å²) in [5, 5.41) is 19.0. The van der Waals surface area contributed by atoms with Gasteiger partial charge in [0.05, 0.1) is 11.7 Å². The molecule has 1 aromatic heterocycles. The third-order valence-electron chi connectivity index (χ3n) is 3.36. The Morgan fingerprint density at radius 3 is 2.60 bits per heavy atom. The molecule has 3 amide bonds. The Morgan fingerprint density at radius 2 is 1.92 bits per heavy atom. The van der Waals surface area contributed by atoms with E-state index in [9.17, 15) is 14.0 Å². The van der Waals surface area contributed by atoms with Gasteiger partial charge in [-0.1, -0.05) is 18.2 Å². The summed E-state index contributed by atoms with van der Waals surface area (Å²) < 4.78 is 13.6. The minimum Gasteiger partial charge on any atom is -0.352 e. The van der Waals surface area contributed by atoms with Crippen LogP contribution in [0.5, 0.6) is 0 Å². The van der Waals surface area contributed by atoms with E-state index in [-0.39, 0.29) is 6.54 Å². The quantitative estimate of drug-likeness (QED) is 0.673. The molecule has 2 atom stereocenters. The van der Waals surface area contributed by atoms with Gasteiger partial charge in [-0.25, -0.2) is 9.18 Å². The van der Waals surface area contributed by atoms with Crippen molar-refractivity contribution in [1.82, 2.24) is 36.2 Å². The van der Waals surface area contributed by atoms with Crippen LogP contribution in [0, 0.1) is 0 Å². The molecule has 10 heteroatoms. The average molecular weight is 349 g/mol. The zero-order chi connectivity index (χ0) is 18.2. The molecule has 0 saturated carbocycles. The predicted octanol–water partition coefficient (Wildman–Crippen LogP) is 0.497. The average Bonchev–Trinajstić information content (AvgIpc) is 3.10. The van der Waals surface area contributed by atoms with Gasteiger partial charge < -0.3 is 16.0 Å². The molecule has 0 aliphatic rings. The minimum absolute atomic E-state index is 0.0886. The fraction of sp³-hybridized carbons (Fsp3) is 0.400. The molecule has 0 aliphatic carbocycles. The lowest BCUT2D eigenvalue weighted by Gasteiger charge is -2.17. The minimum atomic E-state index is -0.802. The van der Waals surface area contributed by atoms with E-state index in [2.05, 4.69) is 31.5 Å². The van der Waals surface area contributed by atoms with Gasteiger partial charge in [0.15, 0.2) is 5.82 Å². The lowest BCUT2D eigenvalue weighted by molar-refractivity contribution is -0.122. The molecule has 0 bridgehead atoms. The normalized spacial score (nSPS) is 12.9. The number of tetrazole rings is 1. The fourth-order valence-corrected chi connectivity index (χ4v) is 2.11. The second-order valence-corrected chi connectivity index (χ2v) is 5.33. The van der Waals surface area contributed by atoms with Crippen molar-refractivity contribution < 1.29 is 14.0 Å². The topological polar surface area (TPSA) is 114 Å². The van der Waals surface area contributed by atoms with E-state index < -0.39 is 30.7 Å². The molecular formula is C15H20FN7O2. The molecule has 1 heterocycles. The van der Waals surface area contributed by atoms with E-state index in [1.165, 1.54) is 11.6 Å². The zero-order valence-corrected chi connectivity index (χ0v) is 13.9. The van der Waals surface area contributed by atoms with Crippen LogP contribution < -0.4 is 16.0 Å². The van der Waals surface area contributed by atoms with Crippen molar-refractivity contribution in [3.63, 3.8) is 0 Å². The monoisotopic (exact) mass is 349 g/mol. The lowest BCUT2D eigenvalue weighted by atomic mass is 10.3. The summed E-state index contributed by atoms with van der Waals surface area (Å²) in [5.41, 5.74) is 0.760. The van der Waals surface area contributed by atoms with Crippen LogP contribution in [-0.2, 0) is 4.79 Å². The third-order valence-corrected chi connectivity index (χ3v) is 3.36. The summed E-state index contributed by atoms with van der Waals surface area (Å²) in [4.78, 5) is 23.7. The molecule has 0 unspecified atom stereocenters. The lowest BCUT2D eigenvalue weighted by Crippen LogP contribution is -2.49. The number of nitrogens with zero attached hydrogens (tertiary/aromatic N) is 4. The van der Waals surface area contributed by atoms with Crippen molar-refractivity contribution >= 4 is 11.9 Å². The molecule has 25 heavy (non-hydrogen) atoms. The highest BCUT2D eigenvalue weighted by Crippen LogP contribution is 2.13. The standard InChI is InChI=1S/C15H20FN7O2/c1-10(18-15(25)19-11(2)14(24)17-9-8-16)13-20-21-22-23(13)12-6-4-3-5-7-12/h3-7,10-11H,8-9H2,1-2H3,(H,17,24)(H2,18,19,25)/t10-,11+/m0/s1. The van der Waals surface area contributed by atoms with Gasteiger partial charge in [0.25, 0.3) is 0 Å². The summed E-state index contributed by atoms with van der Waals surface area (Å²) in [5.74, 6) is -0.0227. The molecule has 3 N–H and O–H groups in total. The number of amides is 3. The smallest absolute Gasteiger partial charge is 0.316 e.